The summed E-state index contributed by atoms with van der Waals surface area (Å²) in [6.07, 6.45) is 0. The normalized spacial score (nSPS) is 12.9. The van der Waals surface area contributed by atoms with Crippen molar-refractivity contribution >= 4 is 67.7 Å². The van der Waals surface area contributed by atoms with E-state index < -0.39 is 0 Å². The van der Waals surface area contributed by atoms with Crippen LogP contribution in [0.5, 0.6) is 0 Å². The molecule has 0 radical (unpaired) electrons. The molecular formula is C45H31BN4. The SMILES string of the molecule is Cc1cccc(C)c1-c1nc2c3c4ccccc4n(-c4ccccc4)c3cc3c2n1B1c2ccccc2N(c2ccccc2)c2cccc-3c21. The van der Waals surface area contributed by atoms with E-state index in [0.29, 0.717) is 0 Å². The van der Waals surface area contributed by atoms with Gasteiger partial charge in [0.2, 0.25) is 0 Å². The van der Waals surface area contributed by atoms with E-state index in [9.17, 15) is 0 Å². The minimum atomic E-state index is -0.0520. The van der Waals surface area contributed by atoms with Crippen LogP contribution in [-0.4, -0.2) is 20.9 Å². The van der Waals surface area contributed by atoms with Crippen LogP contribution in [0, 0.1) is 13.8 Å². The van der Waals surface area contributed by atoms with E-state index in [0.717, 1.165) is 22.7 Å². The summed E-state index contributed by atoms with van der Waals surface area (Å²) in [6, 6.07) is 55.2. The number of hydrogen-bond acceptors (Lipinski definition) is 2. The molecule has 50 heavy (non-hydrogen) atoms. The lowest BCUT2D eigenvalue weighted by atomic mass is 9.45. The first kappa shape index (κ1) is 27.6. The summed E-state index contributed by atoms with van der Waals surface area (Å²) in [5.41, 5.74) is 18.1. The van der Waals surface area contributed by atoms with E-state index in [1.54, 1.807) is 0 Å². The second kappa shape index (κ2) is 10.1. The zero-order valence-corrected chi connectivity index (χ0v) is 27.8. The van der Waals surface area contributed by atoms with Gasteiger partial charge in [0.25, 0.3) is 0 Å². The Morgan fingerprint density at radius 3 is 2.02 bits per heavy atom. The van der Waals surface area contributed by atoms with Gasteiger partial charge in [-0.3, -0.25) is 0 Å². The van der Waals surface area contributed by atoms with E-state index in [4.69, 9.17) is 4.98 Å². The molecule has 0 saturated heterocycles. The average Bonchev–Trinajstić information content (AvgIpc) is 3.70. The molecule has 4 nitrogen and oxygen atoms in total. The van der Waals surface area contributed by atoms with E-state index in [2.05, 4.69) is 179 Å². The predicted octanol–water partition coefficient (Wildman–Crippen LogP) is 9.83. The number of rotatable bonds is 3. The first-order valence-electron chi connectivity index (χ1n) is 17.4. The molecule has 0 aliphatic carbocycles. The van der Waals surface area contributed by atoms with Crippen LogP contribution in [0.2, 0.25) is 0 Å². The average molecular weight is 639 g/mol. The molecule has 0 bridgehead atoms. The van der Waals surface area contributed by atoms with E-state index in [-0.39, 0.29) is 6.85 Å². The summed E-state index contributed by atoms with van der Waals surface area (Å²) >= 11 is 0. The van der Waals surface area contributed by atoms with Crippen LogP contribution in [0.25, 0.3) is 61.0 Å². The summed E-state index contributed by atoms with van der Waals surface area (Å²) in [4.78, 5) is 8.23. The second-order valence-corrected chi connectivity index (χ2v) is 13.6. The van der Waals surface area contributed by atoms with E-state index in [1.165, 1.54) is 77.4 Å². The van der Waals surface area contributed by atoms with E-state index in [1.807, 2.05) is 0 Å². The van der Waals surface area contributed by atoms with Crippen LogP contribution >= 0.6 is 0 Å². The van der Waals surface area contributed by atoms with Crippen LogP contribution in [-0.2, 0) is 0 Å². The summed E-state index contributed by atoms with van der Waals surface area (Å²) in [5, 5.41) is 2.42. The van der Waals surface area contributed by atoms with Crippen LogP contribution in [0.1, 0.15) is 11.1 Å². The van der Waals surface area contributed by atoms with Crippen molar-refractivity contribution < 1.29 is 0 Å². The molecule has 5 heteroatoms. The Kier molecular flexibility index (Phi) is 5.58. The van der Waals surface area contributed by atoms with Gasteiger partial charge in [0, 0.05) is 44.6 Å². The van der Waals surface area contributed by atoms with Crippen LogP contribution in [0.3, 0.4) is 0 Å². The molecule has 7 aromatic carbocycles. The zero-order chi connectivity index (χ0) is 33.1. The van der Waals surface area contributed by atoms with Crippen molar-refractivity contribution in [1.82, 2.24) is 14.0 Å². The van der Waals surface area contributed by atoms with Crippen molar-refractivity contribution in [3.8, 4) is 28.2 Å². The fourth-order valence-electron chi connectivity index (χ4n) is 8.97. The number of aryl methyl sites for hydroxylation is 2. The third kappa shape index (κ3) is 3.53. The Labute approximate surface area is 290 Å². The molecule has 0 amide bonds. The first-order valence-corrected chi connectivity index (χ1v) is 17.4. The third-order valence-electron chi connectivity index (χ3n) is 10.9. The van der Waals surface area contributed by atoms with Crippen LogP contribution in [0.15, 0.2) is 152 Å². The Hall–Kier alpha value is -6.33. The van der Waals surface area contributed by atoms with Crippen molar-refractivity contribution in [2.24, 2.45) is 0 Å². The molecule has 0 unspecified atom stereocenters. The summed E-state index contributed by atoms with van der Waals surface area (Å²) < 4.78 is 5.01. The van der Waals surface area contributed by atoms with Crippen molar-refractivity contribution in [3.63, 3.8) is 0 Å². The van der Waals surface area contributed by atoms with Gasteiger partial charge >= 0.3 is 6.85 Å². The molecule has 11 rings (SSSR count). The predicted molar refractivity (Wildman–Crippen MR) is 210 cm³/mol. The lowest BCUT2D eigenvalue weighted by Gasteiger charge is -2.40. The minimum Gasteiger partial charge on any atom is -0.359 e. The molecular weight excluding hydrogens is 607 g/mol. The molecule has 0 fully saturated rings. The second-order valence-electron chi connectivity index (χ2n) is 13.6. The smallest absolute Gasteiger partial charge is 0.334 e. The van der Waals surface area contributed by atoms with Gasteiger partial charge in [-0.05, 0) is 90.0 Å². The summed E-state index contributed by atoms with van der Waals surface area (Å²) in [6.45, 7) is 4.39. The van der Waals surface area contributed by atoms with Crippen LogP contribution < -0.4 is 15.8 Å². The standard InChI is InChI=1S/C45H31BN4/c1-28-15-13-16-29(2)40(28)45-47-43-41-33-21-9-11-24-36(33)48(30-17-5-3-6-18-30)39(41)27-34-32-22-14-26-38-42(32)46(50(45)44(34)43)35-23-10-12-25-37(35)49(38)31-19-7-4-8-20-31/h3-27H,1-2H3. The van der Waals surface area contributed by atoms with E-state index >= 15 is 0 Å². The van der Waals surface area contributed by atoms with Gasteiger partial charge in [-0.1, -0.05) is 103 Å². The molecule has 2 aliphatic rings. The number of aromatic nitrogens is 3. The van der Waals surface area contributed by atoms with Gasteiger partial charge in [-0.15, -0.1) is 0 Å². The largest absolute Gasteiger partial charge is 0.359 e. The lowest BCUT2D eigenvalue weighted by molar-refractivity contribution is 1.17. The highest BCUT2D eigenvalue weighted by molar-refractivity contribution is 6.89. The van der Waals surface area contributed by atoms with Crippen molar-refractivity contribution in [2.45, 2.75) is 13.8 Å². The molecule has 9 aromatic rings. The Balaban J connectivity index is 1.37. The lowest BCUT2D eigenvalue weighted by Crippen LogP contribution is -2.56. The number of hydrogen-bond donors (Lipinski definition) is 0. The van der Waals surface area contributed by atoms with Gasteiger partial charge in [0.05, 0.1) is 22.1 Å². The molecule has 0 spiro atoms. The monoisotopic (exact) mass is 638 g/mol. The number of nitrogens with zero attached hydrogens (tertiary/aromatic N) is 4. The van der Waals surface area contributed by atoms with Gasteiger partial charge < -0.3 is 13.9 Å². The molecule has 0 atom stereocenters. The number of benzene rings is 7. The fraction of sp³-hybridized carbons (Fsp3) is 0.0444. The maximum atomic E-state index is 5.78. The summed E-state index contributed by atoms with van der Waals surface area (Å²) in [5.74, 6) is 1.02. The quantitative estimate of drug-likeness (QED) is 0.180. The highest BCUT2D eigenvalue weighted by atomic mass is 15.2. The highest BCUT2D eigenvalue weighted by Crippen LogP contribution is 2.48. The topological polar surface area (TPSA) is 26.0 Å². The Bertz CT molecular complexity index is 2830. The number of anilines is 3. The molecule has 4 heterocycles. The van der Waals surface area contributed by atoms with Gasteiger partial charge in [0.1, 0.15) is 5.82 Å². The first-order chi connectivity index (χ1) is 24.7. The van der Waals surface area contributed by atoms with Crippen molar-refractivity contribution in [3.05, 3.63) is 163 Å². The van der Waals surface area contributed by atoms with Gasteiger partial charge in [-0.25, -0.2) is 4.98 Å². The maximum Gasteiger partial charge on any atom is 0.334 e. The van der Waals surface area contributed by atoms with Crippen molar-refractivity contribution in [1.29, 1.82) is 0 Å². The molecule has 0 N–H and O–H groups in total. The molecule has 2 aromatic heterocycles. The third-order valence-corrected chi connectivity index (χ3v) is 10.9. The van der Waals surface area contributed by atoms with Crippen molar-refractivity contribution in [2.75, 3.05) is 4.90 Å². The molecule has 2 aliphatic heterocycles. The number of fused-ring (bicyclic) bond motifs is 8. The van der Waals surface area contributed by atoms with Gasteiger partial charge in [0.15, 0.2) is 0 Å². The minimum absolute atomic E-state index is 0.0520. The van der Waals surface area contributed by atoms with Crippen LogP contribution in [0.4, 0.5) is 17.1 Å². The number of para-hydroxylation sites is 4. The fourth-order valence-corrected chi connectivity index (χ4v) is 8.97. The maximum absolute atomic E-state index is 5.78. The zero-order valence-electron chi connectivity index (χ0n) is 27.8. The highest BCUT2D eigenvalue weighted by Gasteiger charge is 2.43. The van der Waals surface area contributed by atoms with Gasteiger partial charge in [-0.2, -0.15) is 0 Å². The Morgan fingerprint density at radius 1 is 0.560 bits per heavy atom. The molecule has 234 valence electrons. The molecule has 0 saturated carbocycles. The Morgan fingerprint density at radius 2 is 1.22 bits per heavy atom. The summed E-state index contributed by atoms with van der Waals surface area (Å²) in [7, 11) is 0. The number of imidazole rings is 1.